The third-order valence-electron chi connectivity index (χ3n) is 6.75. The van der Waals surface area contributed by atoms with E-state index in [1.165, 1.54) is 44.5 Å². The van der Waals surface area contributed by atoms with Gasteiger partial charge in [-0.05, 0) is 50.1 Å². The molecule has 0 bridgehead atoms. The van der Waals surface area contributed by atoms with E-state index in [9.17, 15) is 0 Å². The summed E-state index contributed by atoms with van der Waals surface area (Å²) >= 11 is 0. The van der Waals surface area contributed by atoms with Crippen molar-refractivity contribution in [1.82, 2.24) is 0 Å². The molecule has 6 aromatic rings. The van der Waals surface area contributed by atoms with E-state index >= 15 is 0 Å². The molecule has 0 fully saturated rings. The molecule has 192 valence electrons. The van der Waals surface area contributed by atoms with Crippen molar-refractivity contribution < 1.29 is 0 Å². The van der Waals surface area contributed by atoms with Crippen LogP contribution in [0.3, 0.4) is 0 Å². The first-order valence-corrected chi connectivity index (χ1v) is 13.5. The molecule has 6 rings (SSSR count). The van der Waals surface area contributed by atoms with E-state index in [2.05, 4.69) is 140 Å². The molecule has 0 heterocycles. The molecule has 0 heteroatoms. The molecule has 0 saturated heterocycles. The van der Waals surface area contributed by atoms with Gasteiger partial charge in [-0.3, -0.25) is 0 Å². The summed E-state index contributed by atoms with van der Waals surface area (Å²) in [7, 11) is 0. The maximum absolute atomic E-state index is 4.10. The van der Waals surface area contributed by atoms with Crippen LogP contribution in [0.15, 0.2) is 176 Å². The summed E-state index contributed by atoms with van der Waals surface area (Å²) in [5.41, 5.74) is 10.8. The first-order chi connectivity index (χ1) is 19.8. The SMILES string of the molecule is C(=Cc1ccc(-c2ccccc2)cc1)c1ccc(-c2ccccc2)cc1.C=C(c1ccccc1)c1ccccc1. The van der Waals surface area contributed by atoms with Crippen molar-refractivity contribution in [3.63, 3.8) is 0 Å². The van der Waals surface area contributed by atoms with Crippen LogP contribution in [0.2, 0.25) is 0 Å². The standard InChI is InChI=1S/C26H20.C14H12/c1-3-7-23(8-4-1)25-17-13-21(14-18-25)11-12-22-15-19-26(20-16-22)24-9-5-2-6-10-24;1-12(13-8-4-2-5-9-13)14-10-6-3-7-11-14/h1-20H;2-11H,1H2. The summed E-state index contributed by atoms with van der Waals surface area (Å²) in [5, 5.41) is 0. The molecule has 0 aliphatic carbocycles. The molecule has 0 atom stereocenters. The second-order valence-corrected chi connectivity index (χ2v) is 9.52. The molecule has 0 unspecified atom stereocenters. The van der Waals surface area contributed by atoms with Gasteiger partial charge in [-0.2, -0.15) is 0 Å². The third-order valence-corrected chi connectivity index (χ3v) is 6.75. The molecular weight excluding hydrogens is 480 g/mol. The van der Waals surface area contributed by atoms with Gasteiger partial charge in [0.15, 0.2) is 0 Å². The zero-order chi connectivity index (χ0) is 27.4. The highest BCUT2D eigenvalue weighted by Crippen LogP contribution is 2.22. The molecule has 0 aliphatic heterocycles. The van der Waals surface area contributed by atoms with Crippen molar-refractivity contribution in [2.75, 3.05) is 0 Å². The van der Waals surface area contributed by atoms with Crippen molar-refractivity contribution in [3.8, 4) is 22.3 Å². The maximum atomic E-state index is 4.10. The van der Waals surface area contributed by atoms with Crippen LogP contribution in [0, 0.1) is 0 Å². The number of hydrogen-bond donors (Lipinski definition) is 0. The molecule has 0 aliphatic rings. The molecule has 40 heavy (non-hydrogen) atoms. The average molecular weight is 513 g/mol. The first kappa shape index (κ1) is 26.4. The third kappa shape index (κ3) is 7.22. The van der Waals surface area contributed by atoms with Crippen molar-refractivity contribution >= 4 is 17.7 Å². The Labute approximate surface area is 238 Å². The summed E-state index contributed by atoms with van der Waals surface area (Å²) < 4.78 is 0. The Kier molecular flexibility index (Phi) is 8.95. The number of rotatable bonds is 6. The van der Waals surface area contributed by atoms with Gasteiger partial charge >= 0.3 is 0 Å². The summed E-state index contributed by atoms with van der Waals surface area (Å²) in [6.07, 6.45) is 4.32. The molecule has 0 N–H and O–H groups in total. The lowest BCUT2D eigenvalue weighted by atomic mass is 10.0. The number of hydrogen-bond acceptors (Lipinski definition) is 0. The van der Waals surface area contributed by atoms with E-state index in [1.807, 2.05) is 48.5 Å². The van der Waals surface area contributed by atoms with Crippen LogP contribution in [-0.2, 0) is 0 Å². The fourth-order valence-electron chi connectivity index (χ4n) is 4.47. The van der Waals surface area contributed by atoms with Gasteiger partial charge in [0, 0.05) is 0 Å². The minimum atomic E-state index is 1.08. The summed E-state index contributed by atoms with van der Waals surface area (Å²) in [6, 6.07) is 58.8. The van der Waals surface area contributed by atoms with Crippen LogP contribution in [0.5, 0.6) is 0 Å². The van der Waals surface area contributed by atoms with Gasteiger partial charge in [0.1, 0.15) is 0 Å². The van der Waals surface area contributed by atoms with Gasteiger partial charge in [-0.25, -0.2) is 0 Å². The van der Waals surface area contributed by atoms with Gasteiger partial charge in [0.25, 0.3) is 0 Å². The zero-order valence-corrected chi connectivity index (χ0v) is 22.5. The lowest BCUT2D eigenvalue weighted by molar-refractivity contribution is 1.56. The van der Waals surface area contributed by atoms with Gasteiger partial charge in [-0.1, -0.05) is 189 Å². The van der Waals surface area contributed by atoms with Crippen LogP contribution < -0.4 is 0 Å². The van der Waals surface area contributed by atoms with E-state index in [4.69, 9.17) is 0 Å². The van der Waals surface area contributed by atoms with E-state index in [0.29, 0.717) is 0 Å². The Morgan fingerprint density at radius 3 is 0.925 bits per heavy atom. The fraction of sp³-hybridized carbons (Fsp3) is 0. The molecule has 0 saturated carbocycles. The van der Waals surface area contributed by atoms with Gasteiger partial charge in [0.2, 0.25) is 0 Å². The highest BCUT2D eigenvalue weighted by molar-refractivity contribution is 5.78. The Morgan fingerprint density at radius 1 is 0.325 bits per heavy atom. The molecular formula is C40H32. The van der Waals surface area contributed by atoms with Crippen molar-refractivity contribution in [3.05, 3.63) is 199 Å². The molecule has 0 nitrogen and oxygen atoms in total. The smallest absolute Gasteiger partial charge is 0.0183 e. The minimum absolute atomic E-state index is 1.08. The van der Waals surface area contributed by atoms with Crippen LogP contribution in [-0.4, -0.2) is 0 Å². The Hall–Kier alpha value is -5.20. The Morgan fingerprint density at radius 2 is 0.600 bits per heavy atom. The molecule has 0 spiro atoms. The minimum Gasteiger partial charge on any atom is -0.0906 e. The fourth-order valence-corrected chi connectivity index (χ4v) is 4.47. The first-order valence-electron chi connectivity index (χ1n) is 13.5. The molecule has 0 amide bonds. The summed E-state index contributed by atoms with van der Waals surface area (Å²) in [5.74, 6) is 0. The van der Waals surface area contributed by atoms with Crippen LogP contribution in [0.4, 0.5) is 0 Å². The predicted molar refractivity (Wildman–Crippen MR) is 174 cm³/mol. The van der Waals surface area contributed by atoms with Crippen LogP contribution in [0.1, 0.15) is 22.3 Å². The van der Waals surface area contributed by atoms with Gasteiger partial charge in [0.05, 0.1) is 0 Å². The van der Waals surface area contributed by atoms with Crippen molar-refractivity contribution in [2.24, 2.45) is 0 Å². The highest BCUT2D eigenvalue weighted by atomic mass is 14.0. The number of benzene rings is 6. The predicted octanol–water partition coefficient (Wildman–Crippen LogP) is 10.9. The highest BCUT2D eigenvalue weighted by Gasteiger charge is 2.00. The molecule has 6 aromatic carbocycles. The van der Waals surface area contributed by atoms with E-state index in [-0.39, 0.29) is 0 Å². The normalized spacial score (nSPS) is 10.5. The second kappa shape index (κ2) is 13.6. The molecule has 0 aromatic heterocycles. The zero-order valence-electron chi connectivity index (χ0n) is 22.5. The monoisotopic (exact) mass is 512 g/mol. The van der Waals surface area contributed by atoms with E-state index in [0.717, 1.165) is 5.57 Å². The summed E-state index contributed by atoms with van der Waals surface area (Å²) in [6.45, 7) is 4.10. The lowest BCUT2D eigenvalue weighted by Gasteiger charge is -2.04. The quantitative estimate of drug-likeness (QED) is 0.195. The summed E-state index contributed by atoms with van der Waals surface area (Å²) in [4.78, 5) is 0. The topological polar surface area (TPSA) is 0 Å². The van der Waals surface area contributed by atoms with Crippen LogP contribution >= 0.6 is 0 Å². The van der Waals surface area contributed by atoms with Crippen LogP contribution in [0.25, 0.3) is 40.0 Å². The Bertz CT molecular complexity index is 1500. The van der Waals surface area contributed by atoms with Crippen molar-refractivity contribution in [1.29, 1.82) is 0 Å². The Balaban J connectivity index is 0.000000194. The lowest BCUT2D eigenvalue weighted by Crippen LogP contribution is -1.84. The van der Waals surface area contributed by atoms with Gasteiger partial charge < -0.3 is 0 Å². The molecule has 0 radical (unpaired) electrons. The second-order valence-electron chi connectivity index (χ2n) is 9.52. The largest absolute Gasteiger partial charge is 0.0906 e. The van der Waals surface area contributed by atoms with Gasteiger partial charge in [-0.15, -0.1) is 0 Å². The van der Waals surface area contributed by atoms with Crippen molar-refractivity contribution in [2.45, 2.75) is 0 Å². The average Bonchev–Trinajstić information content (AvgIpc) is 3.06. The van der Waals surface area contributed by atoms with E-state index in [1.54, 1.807) is 0 Å². The maximum Gasteiger partial charge on any atom is -0.0183 e. The van der Waals surface area contributed by atoms with E-state index < -0.39 is 0 Å².